The molecule has 0 saturated heterocycles. The van der Waals surface area contributed by atoms with Crippen LogP contribution < -0.4 is 0 Å². The van der Waals surface area contributed by atoms with E-state index in [1.54, 1.807) is 0 Å². The summed E-state index contributed by atoms with van der Waals surface area (Å²) in [4.78, 5) is 0. The molecule has 0 amide bonds. The van der Waals surface area contributed by atoms with Crippen LogP contribution >= 0.6 is 0 Å². The molecule has 1 fully saturated rings. The Kier molecular flexibility index (Phi) is 4.62. The molecule has 0 N–H and O–H groups in total. The van der Waals surface area contributed by atoms with E-state index in [1.807, 2.05) is 0 Å². The van der Waals surface area contributed by atoms with Gasteiger partial charge in [0.05, 0.1) is 6.10 Å². The first-order valence-electron chi connectivity index (χ1n) is 5.14. The van der Waals surface area contributed by atoms with Crippen molar-refractivity contribution in [3.63, 3.8) is 0 Å². The molecule has 0 aromatic carbocycles. The fourth-order valence-electron chi connectivity index (χ4n) is 1.68. The lowest BCUT2D eigenvalue weighted by atomic mass is 10.2. The summed E-state index contributed by atoms with van der Waals surface area (Å²) >= 11 is 0. The first-order valence-corrected chi connectivity index (χ1v) is 5.14. The summed E-state index contributed by atoms with van der Waals surface area (Å²) in [7, 11) is 0. The van der Waals surface area contributed by atoms with Crippen LogP contribution in [0.3, 0.4) is 0 Å². The number of rotatable bonds is 5. The van der Waals surface area contributed by atoms with E-state index in [2.05, 4.69) is 6.92 Å². The van der Waals surface area contributed by atoms with Gasteiger partial charge in [-0.25, -0.2) is 5.11 Å². The SMILES string of the molecule is CCCCC([O])OC1CCCC1. The second kappa shape index (κ2) is 5.55. The van der Waals surface area contributed by atoms with Crippen LogP contribution in [0.4, 0.5) is 0 Å². The molecule has 0 aromatic rings. The minimum atomic E-state index is -0.756. The average Bonchev–Trinajstić information content (AvgIpc) is 2.53. The van der Waals surface area contributed by atoms with Crippen molar-refractivity contribution in [3.05, 3.63) is 0 Å². The third kappa shape index (κ3) is 3.55. The van der Waals surface area contributed by atoms with Crippen LogP contribution in [0, 0.1) is 0 Å². The van der Waals surface area contributed by atoms with Crippen molar-refractivity contribution in [1.29, 1.82) is 0 Å². The van der Waals surface area contributed by atoms with Crippen LogP contribution in [0.5, 0.6) is 0 Å². The summed E-state index contributed by atoms with van der Waals surface area (Å²) in [6, 6.07) is 0. The van der Waals surface area contributed by atoms with Crippen molar-refractivity contribution >= 4 is 0 Å². The smallest absolute Gasteiger partial charge is 0.191 e. The molecule has 2 nitrogen and oxygen atoms in total. The normalized spacial score (nSPS) is 21.5. The molecular formula is C10H19O2. The summed E-state index contributed by atoms with van der Waals surface area (Å²) in [5.74, 6) is 0. The molecule has 1 atom stereocenters. The fraction of sp³-hybridized carbons (Fsp3) is 1.00. The van der Waals surface area contributed by atoms with E-state index in [4.69, 9.17) is 4.74 Å². The van der Waals surface area contributed by atoms with Crippen molar-refractivity contribution in [3.8, 4) is 0 Å². The quantitative estimate of drug-likeness (QED) is 0.585. The van der Waals surface area contributed by atoms with Gasteiger partial charge < -0.3 is 4.74 Å². The zero-order valence-corrected chi connectivity index (χ0v) is 7.92. The molecular weight excluding hydrogens is 152 g/mol. The molecule has 0 bridgehead atoms. The van der Waals surface area contributed by atoms with Gasteiger partial charge in [0, 0.05) is 6.42 Å². The Labute approximate surface area is 74.9 Å². The fourth-order valence-corrected chi connectivity index (χ4v) is 1.68. The number of hydrogen-bond donors (Lipinski definition) is 0. The topological polar surface area (TPSA) is 29.1 Å². The maximum atomic E-state index is 11.2. The molecule has 71 valence electrons. The van der Waals surface area contributed by atoms with E-state index >= 15 is 0 Å². The van der Waals surface area contributed by atoms with Gasteiger partial charge in [-0.05, 0) is 19.3 Å². The molecule has 0 spiro atoms. The first-order chi connectivity index (χ1) is 5.83. The van der Waals surface area contributed by atoms with Crippen LogP contribution in [0.2, 0.25) is 0 Å². The molecule has 1 radical (unpaired) electrons. The summed E-state index contributed by atoms with van der Waals surface area (Å²) in [6.07, 6.45) is 6.99. The first kappa shape index (κ1) is 10.0. The highest BCUT2D eigenvalue weighted by Gasteiger charge is 2.19. The summed E-state index contributed by atoms with van der Waals surface area (Å²) < 4.78 is 5.36. The van der Waals surface area contributed by atoms with E-state index in [0.29, 0.717) is 6.42 Å². The average molecular weight is 171 g/mol. The second-order valence-electron chi connectivity index (χ2n) is 3.61. The minimum Gasteiger partial charge on any atom is -0.346 e. The lowest BCUT2D eigenvalue weighted by Gasteiger charge is -2.14. The van der Waals surface area contributed by atoms with Gasteiger partial charge in [0.15, 0.2) is 6.29 Å². The maximum absolute atomic E-state index is 11.2. The molecule has 1 aliphatic carbocycles. The van der Waals surface area contributed by atoms with Crippen LogP contribution in [0.1, 0.15) is 51.9 Å². The van der Waals surface area contributed by atoms with Crippen LogP contribution in [-0.4, -0.2) is 12.4 Å². The highest BCUT2D eigenvalue weighted by Crippen LogP contribution is 2.22. The maximum Gasteiger partial charge on any atom is 0.191 e. The van der Waals surface area contributed by atoms with Crippen molar-refractivity contribution in [2.75, 3.05) is 0 Å². The molecule has 0 heterocycles. The molecule has 0 aliphatic heterocycles. The van der Waals surface area contributed by atoms with Crippen molar-refractivity contribution in [2.24, 2.45) is 0 Å². The van der Waals surface area contributed by atoms with Gasteiger partial charge in [0.1, 0.15) is 0 Å². The Morgan fingerprint density at radius 3 is 2.67 bits per heavy atom. The van der Waals surface area contributed by atoms with Gasteiger partial charge in [-0.2, -0.15) is 0 Å². The van der Waals surface area contributed by atoms with E-state index < -0.39 is 6.29 Å². The summed E-state index contributed by atoms with van der Waals surface area (Å²) in [5.41, 5.74) is 0. The van der Waals surface area contributed by atoms with E-state index in [-0.39, 0.29) is 6.10 Å². The highest BCUT2D eigenvalue weighted by molar-refractivity contribution is 4.67. The summed E-state index contributed by atoms with van der Waals surface area (Å²) in [6.45, 7) is 2.10. The lowest BCUT2D eigenvalue weighted by molar-refractivity contribution is -0.171. The standard InChI is InChI=1S/C10H19O2/c1-2-3-8-10(11)12-9-6-4-5-7-9/h9-10H,2-8H2,1H3. The van der Waals surface area contributed by atoms with E-state index in [0.717, 1.165) is 25.7 Å². The van der Waals surface area contributed by atoms with Crippen molar-refractivity contribution < 1.29 is 9.84 Å². The number of unbranched alkanes of at least 4 members (excludes halogenated alkanes) is 1. The molecule has 0 aromatic heterocycles. The predicted molar refractivity (Wildman–Crippen MR) is 47.3 cm³/mol. The van der Waals surface area contributed by atoms with Gasteiger partial charge in [0.25, 0.3) is 0 Å². The zero-order chi connectivity index (χ0) is 8.81. The second-order valence-corrected chi connectivity index (χ2v) is 3.61. The van der Waals surface area contributed by atoms with E-state index in [1.165, 1.54) is 12.8 Å². The zero-order valence-electron chi connectivity index (χ0n) is 7.92. The Balaban J connectivity index is 2.03. The molecule has 12 heavy (non-hydrogen) atoms. The number of ether oxygens (including phenoxy) is 1. The minimum absolute atomic E-state index is 0.282. The van der Waals surface area contributed by atoms with Crippen LogP contribution in [0.25, 0.3) is 0 Å². The Hall–Kier alpha value is -0.0800. The van der Waals surface area contributed by atoms with Crippen molar-refractivity contribution in [2.45, 2.75) is 64.3 Å². The van der Waals surface area contributed by atoms with Gasteiger partial charge in [-0.3, -0.25) is 0 Å². The molecule has 1 saturated carbocycles. The lowest BCUT2D eigenvalue weighted by Crippen LogP contribution is -2.18. The van der Waals surface area contributed by atoms with Crippen molar-refractivity contribution in [1.82, 2.24) is 0 Å². The van der Waals surface area contributed by atoms with Gasteiger partial charge >= 0.3 is 0 Å². The van der Waals surface area contributed by atoms with Crippen LogP contribution in [0.15, 0.2) is 0 Å². The molecule has 1 aliphatic rings. The predicted octanol–water partition coefficient (Wildman–Crippen LogP) is 2.89. The van der Waals surface area contributed by atoms with Crippen LogP contribution in [-0.2, 0) is 9.84 Å². The molecule has 1 unspecified atom stereocenters. The highest BCUT2D eigenvalue weighted by atomic mass is 16.6. The summed E-state index contributed by atoms with van der Waals surface area (Å²) in [5, 5.41) is 11.2. The Morgan fingerprint density at radius 1 is 1.42 bits per heavy atom. The third-order valence-corrected chi connectivity index (χ3v) is 2.44. The molecule has 1 rings (SSSR count). The Bertz CT molecular complexity index is 108. The third-order valence-electron chi connectivity index (χ3n) is 2.44. The Morgan fingerprint density at radius 2 is 2.08 bits per heavy atom. The van der Waals surface area contributed by atoms with E-state index in [9.17, 15) is 5.11 Å². The monoisotopic (exact) mass is 171 g/mol. The molecule has 2 heteroatoms. The van der Waals surface area contributed by atoms with Gasteiger partial charge in [0.2, 0.25) is 0 Å². The van der Waals surface area contributed by atoms with Gasteiger partial charge in [-0.1, -0.05) is 26.2 Å². The largest absolute Gasteiger partial charge is 0.346 e. The number of hydrogen-bond acceptors (Lipinski definition) is 1. The van der Waals surface area contributed by atoms with Gasteiger partial charge in [-0.15, -0.1) is 0 Å².